The van der Waals surface area contributed by atoms with E-state index in [-0.39, 0.29) is 0 Å². The zero-order chi connectivity index (χ0) is 85.3. The van der Waals surface area contributed by atoms with Crippen LogP contribution in [-0.4, -0.2) is 90.1 Å². The summed E-state index contributed by atoms with van der Waals surface area (Å²) >= 11 is 0. The largest absolute Gasteiger partial charge is 0.525 e. The number of hydrogen-bond donors (Lipinski definition) is 0. The molecule has 0 saturated heterocycles. The van der Waals surface area contributed by atoms with Gasteiger partial charge in [0.2, 0.25) is 0 Å². The first-order valence-corrected chi connectivity index (χ1v) is 49.2. The van der Waals surface area contributed by atoms with Crippen LogP contribution in [0.4, 0.5) is 0 Å². The summed E-state index contributed by atoms with van der Waals surface area (Å²) in [5.74, 6) is 4.32. The predicted molar refractivity (Wildman–Crippen MR) is 510 cm³/mol. The van der Waals surface area contributed by atoms with E-state index in [0.717, 1.165) is 84.5 Å². The minimum absolute atomic E-state index is 0.418. The summed E-state index contributed by atoms with van der Waals surface area (Å²) in [5, 5.41) is 12.3. The molecule has 16 aromatic rings. The van der Waals surface area contributed by atoms with E-state index in [9.17, 15) is 0 Å². The second-order valence-electron chi connectivity index (χ2n) is 30.2. The lowest BCUT2D eigenvalue weighted by atomic mass is 9.80. The lowest BCUT2D eigenvalue weighted by molar-refractivity contribution is 0.359. The van der Waals surface area contributed by atoms with Gasteiger partial charge in [0.15, 0.2) is 69.0 Å². The van der Waals surface area contributed by atoms with Crippen molar-refractivity contribution in [2.45, 2.75) is 24.7 Å². The Morgan fingerprint density at radius 3 is 0.363 bits per heavy atom. The van der Waals surface area contributed by atoms with Crippen molar-refractivity contribution < 1.29 is 55.6 Å². The first-order chi connectivity index (χ1) is 61.1. The molecule has 0 saturated carbocycles. The highest BCUT2D eigenvalue weighted by Crippen LogP contribution is 2.52. The highest BCUT2D eigenvalue weighted by atomic mass is 28.4. The van der Waals surface area contributed by atoms with Crippen LogP contribution < -0.4 is 118 Å². The van der Waals surface area contributed by atoms with Crippen LogP contribution in [0.2, 0.25) is 0 Å². The molecule has 0 bridgehead atoms. The fraction of sp³-hybridized carbons (Fsp3) is 0.111. The topological polar surface area (TPSA) is 111 Å². The van der Waals surface area contributed by atoms with Crippen LogP contribution in [0.15, 0.2) is 413 Å². The summed E-state index contributed by atoms with van der Waals surface area (Å²) in [4.78, 5) is 0. The van der Waals surface area contributed by atoms with Gasteiger partial charge in [-0.1, -0.05) is 364 Å². The van der Waals surface area contributed by atoms with Gasteiger partial charge < -0.3 is 55.6 Å². The van der Waals surface area contributed by atoms with E-state index in [2.05, 4.69) is 340 Å². The Kier molecular flexibility index (Phi) is 25.9. The average molecular weight is 1700 g/mol. The van der Waals surface area contributed by atoms with Crippen molar-refractivity contribution in [2.75, 3.05) is 56.9 Å². The quantitative estimate of drug-likeness (QED) is 0.0279. The molecular formula is C108H98O12Si4. The van der Waals surface area contributed by atoms with Crippen LogP contribution in [0.1, 0.15) is 46.9 Å². The van der Waals surface area contributed by atoms with E-state index >= 15 is 0 Å². The van der Waals surface area contributed by atoms with Crippen LogP contribution in [0, 0.1) is 0 Å². The molecule has 0 aromatic heterocycles. The highest BCUT2D eigenvalue weighted by molar-refractivity contribution is 7.09. The second-order valence-corrected chi connectivity index (χ2v) is 43.4. The van der Waals surface area contributed by atoms with E-state index in [0.29, 0.717) is 81.8 Å². The minimum atomic E-state index is -3.53. The Balaban J connectivity index is 0.931. The van der Waals surface area contributed by atoms with Gasteiger partial charge in [0.1, 0.15) is 0 Å². The van der Waals surface area contributed by atoms with Crippen LogP contribution in [0.5, 0.6) is 69.0 Å². The fourth-order valence-corrected chi connectivity index (χ4v) is 33.0. The summed E-state index contributed by atoms with van der Waals surface area (Å²) < 4.78 is 86.1. The van der Waals surface area contributed by atoms with E-state index in [4.69, 9.17) is 55.6 Å². The third kappa shape index (κ3) is 16.3. The van der Waals surface area contributed by atoms with Gasteiger partial charge in [-0.25, -0.2) is 0 Å². The van der Waals surface area contributed by atoms with Crippen molar-refractivity contribution in [3.8, 4) is 69.0 Å². The molecule has 0 unspecified atom stereocenters. The highest BCUT2D eigenvalue weighted by Gasteiger charge is 2.50. The molecule has 0 aliphatic carbocycles. The molecule has 618 valence electrons. The number of rotatable bonds is 35. The van der Waals surface area contributed by atoms with Crippen LogP contribution in [0.3, 0.4) is 0 Å². The molecule has 124 heavy (non-hydrogen) atoms. The molecule has 0 aliphatic rings. The smallest absolute Gasteiger partial charge is 0.347 e. The van der Waals surface area contributed by atoms with Crippen molar-refractivity contribution in [1.29, 1.82) is 0 Å². The third-order valence-electron chi connectivity index (χ3n) is 23.5. The van der Waals surface area contributed by atoms with Crippen LogP contribution >= 0.6 is 0 Å². The maximum Gasteiger partial charge on any atom is 0.347 e. The van der Waals surface area contributed by atoms with Gasteiger partial charge >= 0.3 is 33.3 Å². The van der Waals surface area contributed by atoms with Crippen molar-refractivity contribution in [3.63, 3.8) is 0 Å². The monoisotopic (exact) mass is 1700 g/mol. The Morgan fingerprint density at radius 2 is 0.266 bits per heavy atom. The van der Waals surface area contributed by atoms with E-state index in [1.165, 1.54) is 0 Å². The summed E-state index contributed by atoms with van der Waals surface area (Å²) in [6.07, 6.45) is 0.835. The van der Waals surface area contributed by atoms with Crippen molar-refractivity contribution in [3.05, 3.63) is 435 Å². The Labute approximate surface area is 731 Å². The third-order valence-corrected chi connectivity index (χ3v) is 39.3. The number of methoxy groups -OCH3 is 8. The average Bonchev–Trinajstić information content (AvgIpc) is 0.765. The van der Waals surface area contributed by atoms with Gasteiger partial charge in [-0.3, -0.25) is 0 Å². The molecule has 0 fully saturated rings. The van der Waals surface area contributed by atoms with Crippen LogP contribution in [-0.2, 0) is 0 Å². The minimum Gasteiger partial charge on any atom is -0.525 e. The van der Waals surface area contributed by atoms with E-state index in [1.807, 2.05) is 72.8 Å². The summed E-state index contributed by atoms with van der Waals surface area (Å²) in [7, 11) is -0.600. The van der Waals surface area contributed by atoms with Gasteiger partial charge in [-0.05, 0) is 146 Å². The molecule has 0 heterocycles. The normalized spacial score (nSPS) is 11.6. The predicted octanol–water partition coefficient (Wildman–Crippen LogP) is 15.7. The lowest BCUT2D eigenvalue weighted by Crippen LogP contribution is -2.71. The molecule has 0 N–H and O–H groups in total. The van der Waals surface area contributed by atoms with Crippen molar-refractivity contribution in [1.82, 2.24) is 0 Å². The molecule has 0 radical (unpaired) electrons. The molecule has 0 amide bonds. The number of ether oxygens (including phenoxy) is 8. The zero-order valence-electron chi connectivity index (χ0n) is 70.7. The zero-order valence-corrected chi connectivity index (χ0v) is 74.7. The number of benzene rings is 16. The second kappa shape index (κ2) is 38.4. The van der Waals surface area contributed by atoms with Crippen molar-refractivity contribution >= 4 is 95.5 Å². The molecule has 12 nitrogen and oxygen atoms in total. The van der Waals surface area contributed by atoms with E-state index < -0.39 is 45.1 Å². The Hall–Kier alpha value is -14.0. The summed E-state index contributed by atoms with van der Waals surface area (Å²) in [6.45, 7) is 0. The number of hydrogen-bond acceptors (Lipinski definition) is 12. The first-order valence-electron chi connectivity index (χ1n) is 41.6. The first kappa shape index (κ1) is 83.6. The van der Waals surface area contributed by atoms with Gasteiger partial charge in [-0.2, -0.15) is 0 Å². The van der Waals surface area contributed by atoms with Gasteiger partial charge in [0.05, 0.1) is 56.9 Å². The summed E-state index contributed by atoms with van der Waals surface area (Å²) in [6, 6.07) is 143. The molecule has 0 aliphatic heterocycles. The molecular weight excluding hydrogens is 1600 g/mol. The van der Waals surface area contributed by atoms with Gasteiger partial charge in [0.25, 0.3) is 0 Å². The standard InChI is InChI=1S/C108H98O12Si4/c1-109-97-71-79(72-98(110-2)105(97)117-121(83-45-21-9-22-46-83,84-47-23-10-24-48-84)85-49-25-11-26-50-85)95(80-73-99(111-3)106(100(74-80)112-4)118-122(86-51-27-12-28-52-86,87-53-29-13-30-54-87)88-55-31-14-32-56-88)69-70-96(81-75-101(113-5)107(102(76-81)114-6)119-123(89-57-33-15-34-58-89,90-59-35-16-36-60-90)91-61-37-17-38-62-91)82-77-103(115-7)108(104(78-82)116-8)120-124(92-63-39-18-40-64-92,93-65-41-19-42-66-93)94-67-43-20-44-68-94/h9-68,71-78,95-96H,69-70H2,1-8H3. The lowest BCUT2D eigenvalue weighted by Gasteiger charge is -2.35. The van der Waals surface area contributed by atoms with Crippen LogP contribution in [0.25, 0.3) is 0 Å². The van der Waals surface area contributed by atoms with Crippen molar-refractivity contribution in [2.24, 2.45) is 0 Å². The van der Waals surface area contributed by atoms with Gasteiger partial charge in [0, 0.05) is 11.8 Å². The molecule has 16 aromatic carbocycles. The summed E-state index contributed by atoms with van der Waals surface area (Å²) in [5.41, 5.74) is 3.32. The Bertz CT molecular complexity index is 4920. The molecule has 0 atom stereocenters. The SMILES string of the molecule is COc1cc(C(CCC(c2cc(OC)c(O[Si](c3ccccc3)(c3ccccc3)c3ccccc3)c(OC)c2)c2cc(OC)c(O[Si](c3ccccc3)(c3ccccc3)c3ccccc3)c(OC)c2)c2cc(OC)c(O[Si](c3ccccc3)(c3ccccc3)c3ccccc3)c(OC)c2)cc(OC)c1O[Si](c1ccccc1)(c1ccccc1)c1ccccc1. The van der Waals surface area contributed by atoms with E-state index in [1.54, 1.807) is 56.9 Å². The Morgan fingerprint density at radius 1 is 0.161 bits per heavy atom. The maximum absolute atomic E-state index is 7.99. The fourth-order valence-electron chi connectivity index (χ4n) is 17.6. The molecule has 0 spiro atoms. The molecule has 16 heteroatoms. The van der Waals surface area contributed by atoms with Gasteiger partial charge in [-0.15, -0.1) is 0 Å². The molecule has 16 rings (SSSR count). The maximum atomic E-state index is 7.99.